The van der Waals surface area contributed by atoms with Crippen LogP contribution in [0.15, 0.2) is 48.0 Å². The number of carbonyl (C=O) groups is 2. The van der Waals surface area contributed by atoms with E-state index < -0.39 is 22.7 Å². The second-order valence-corrected chi connectivity index (χ2v) is 9.33. The minimum Gasteiger partial charge on any atom is -0.507 e. The van der Waals surface area contributed by atoms with Gasteiger partial charge in [0.25, 0.3) is 17.4 Å². The molecule has 0 bridgehead atoms. The first-order valence-corrected chi connectivity index (χ1v) is 11.4. The number of amides is 1. The summed E-state index contributed by atoms with van der Waals surface area (Å²) in [5, 5.41) is 22.6. The molecule has 9 heteroatoms. The average Bonchev–Trinajstić information content (AvgIpc) is 3.06. The van der Waals surface area contributed by atoms with Crippen LogP contribution in [0.4, 0.5) is 5.69 Å². The molecule has 9 nitrogen and oxygen atoms in total. The summed E-state index contributed by atoms with van der Waals surface area (Å²) in [6.07, 6.45) is 0. The van der Waals surface area contributed by atoms with Gasteiger partial charge in [0.05, 0.1) is 23.1 Å². The van der Waals surface area contributed by atoms with E-state index in [1.54, 1.807) is 24.3 Å². The van der Waals surface area contributed by atoms with Gasteiger partial charge in [-0.3, -0.25) is 19.7 Å². The number of likely N-dealkylation sites (N-methyl/N-ethyl adjacent to an activating group) is 1. The average molecular weight is 482 g/mol. The lowest BCUT2D eigenvalue weighted by molar-refractivity contribution is -0.384. The maximum atomic E-state index is 13.1. The Balaban J connectivity index is 2.11. The lowest BCUT2D eigenvalue weighted by Crippen LogP contribution is -2.35. The molecular formula is C26H31N3O6. The minimum atomic E-state index is -0.952. The Morgan fingerprint density at radius 2 is 1.91 bits per heavy atom. The van der Waals surface area contributed by atoms with Crippen LogP contribution in [0.1, 0.15) is 36.6 Å². The number of nitro groups is 1. The van der Waals surface area contributed by atoms with Gasteiger partial charge in [-0.05, 0) is 56.3 Å². The molecule has 1 aliphatic rings. The number of rotatable bonds is 9. The first-order chi connectivity index (χ1) is 16.5. The molecule has 1 aliphatic heterocycles. The van der Waals surface area contributed by atoms with E-state index in [1.807, 2.05) is 39.8 Å². The molecule has 0 radical (unpaired) electrons. The maximum absolute atomic E-state index is 13.1. The number of aliphatic hydroxyl groups is 1. The van der Waals surface area contributed by atoms with Crippen LogP contribution in [-0.2, 0) is 9.59 Å². The summed E-state index contributed by atoms with van der Waals surface area (Å²) in [6, 6.07) is 9.90. The van der Waals surface area contributed by atoms with Crippen LogP contribution in [0, 0.1) is 23.0 Å². The van der Waals surface area contributed by atoms with Crippen LogP contribution < -0.4 is 4.74 Å². The van der Waals surface area contributed by atoms with Crippen molar-refractivity contribution in [3.63, 3.8) is 0 Å². The fourth-order valence-corrected chi connectivity index (χ4v) is 3.94. The number of non-ortho nitro benzene ring substituents is 1. The summed E-state index contributed by atoms with van der Waals surface area (Å²) in [4.78, 5) is 40.2. The number of hydrogen-bond donors (Lipinski definition) is 1. The van der Waals surface area contributed by atoms with Crippen molar-refractivity contribution in [2.75, 3.05) is 33.8 Å². The van der Waals surface area contributed by atoms with Crippen molar-refractivity contribution in [3.05, 3.63) is 74.8 Å². The summed E-state index contributed by atoms with van der Waals surface area (Å²) >= 11 is 0. The number of nitro benzene ring substituents is 1. The maximum Gasteiger partial charge on any atom is 0.295 e. The minimum absolute atomic E-state index is 0.0931. The molecule has 0 aliphatic carbocycles. The summed E-state index contributed by atoms with van der Waals surface area (Å²) in [7, 11) is 3.68. The molecule has 2 aromatic rings. The van der Waals surface area contributed by atoms with Gasteiger partial charge < -0.3 is 19.6 Å². The van der Waals surface area contributed by atoms with Crippen LogP contribution in [0.3, 0.4) is 0 Å². The Kier molecular flexibility index (Phi) is 7.91. The molecule has 1 unspecified atom stereocenters. The Morgan fingerprint density at radius 1 is 1.20 bits per heavy atom. The third-order valence-corrected chi connectivity index (χ3v) is 5.75. The van der Waals surface area contributed by atoms with Gasteiger partial charge in [0.1, 0.15) is 11.5 Å². The van der Waals surface area contributed by atoms with Crippen molar-refractivity contribution in [2.24, 2.45) is 5.92 Å². The van der Waals surface area contributed by atoms with E-state index in [2.05, 4.69) is 0 Å². The van der Waals surface area contributed by atoms with Crippen molar-refractivity contribution in [1.82, 2.24) is 9.80 Å². The number of ether oxygens (including phenoxy) is 1. The van der Waals surface area contributed by atoms with E-state index in [0.29, 0.717) is 35.9 Å². The van der Waals surface area contributed by atoms with Gasteiger partial charge in [-0.15, -0.1) is 0 Å². The molecule has 1 amide bonds. The van der Waals surface area contributed by atoms with Crippen molar-refractivity contribution in [2.45, 2.75) is 26.8 Å². The molecule has 1 saturated heterocycles. The predicted octanol–water partition coefficient (Wildman–Crippen LogP) is 3.92. The quantitative estimate of drug-likeness (QED) is 0.190. The Hall–Kier alpha value is -3.72. The van der Waals surface area contributed by atoms with Crippen LogP contribution >= 0.6 is 0 Å². The van der Waals surface area contributed by atoms with Crippen LogP contribution in [0.2, 0.25) is 0 Å². The largest absolute Gasteiger partial charge is 0.507 e. The number of ketones is 1. The molecule has 1 N–H and O–H groups in total. The number of nitrogens with zero attached hydrogens (tertiary/aromatic N) is 3. The zero-order chi connectivity index (χ0) is 25.9. The van der Waals surface area contributed by atoms with Crippen molar-refractivity contribution < 1.29 is 24.4 Å². The van der Waals surface area contributed by atoms with Crippen molar-refractivity contribution >= 4 is 23.1 Å². The third kappa shape index (κ3) is 5.68. The lowest BCUT2D eigenvalue weighted by atomic mass is 9.94. The van der Waals surface area contributed by atoms with Gasteiger partial charge in [-0.25, -0.2) is 0 Å². The molecule has 186 valence electrons. The highest BCUT2D eigenvalue weighted by atomic mass is 16.6. The molecule has 1 fully saturated rings. The Morgan fingerprint density at radius 3 is 2.51 bits per heavy atom. The standard InChI is InChI=1S/C26H31N3O6/c1-16(2)15-35-21-10-9-19(13-17(21)3)24(30)22-23(18-7-6-8-20(14-18)29(33)34)28(12-11-27(4)5)26(32)25(22)31/h6-10,13-14,16,23,30H,11-12,15H2,1-5H3/b24-22+. The first-order valence-electron chi connectivity index (χ1n) is 11.4. The first kappa shape index (κ1) is 25.9. The van der Waals surface area contributed by atoms with Gasteiger partial charge in [-0.1, -0.05) is 26.0 Å². The van der Waals surface area contributed by atoms with Crippen molar-refractivity contribution in [1.29, 1.82) is 0 Å². The zero-order valence-corrected chi connectivity index (χ0v) is 20.6. The summed E-state index contributed by atoms with van der Waals surface area (Å²) in [5.74, 6) is -0.896. The summed E-state index contributed by atoms with van der Waals surface area (Å²) in [6.45, 7) is 7.13. The number of benzene rings is 2. The van der Waals surface area contributed by atoms with Gasteiger partial charge >= 0.3 is 0 Å². The second-order valence-electron chi connectivity index (χ2n) is 9.33. The Labute approximate surface area is 204 Å². The molecule has 0 spiro atoms. The zero-order valence-electron chi connectivity index (χ0n) is 20.6. The predicted molar refractivity (Wildman–Crippen MR) is 132 cm³/mol. The molecule has 0 saturated carbocycles. The fourth-order valence-electron chi connectivity index (χ4n) is 3.94. The number of aryl methyl sites for hydroxylation is 1. The van der Waals surface area contributed by atoms with Gasteiger partial charge in [-0.2, -0.15) is 0 Å². The molecule has 1 atom stereocenters. The van der Waals surface area contributed by atoms with Crippen molar-refractivity contribution in [3.8, 4) is 5.75 Å². The number of Topliss-reactive ketones (excluding diaryl/α,β-unsaturated/α-hetero) is 1. The third-order valence-electron chi connectivity index (χ3n) is 5.75. The van der Waals surface area contributed by atoms with Gasteiger partial charge in [0.15, 0.2) is 0 Å². The molecule has 3 rings (SSSR count). The van der Waals surface area contributed by atoms with E-state index in [0.717, 1.165) is 5.56 Å². The topological polar surface area (TPSA) is 113 Å². The van der Waals surface area contributed by atoms with Gasteiger partial charge in [0.2, 0.25) is 0 Å². The highest BCUT2D eigenvalue weighted by Gasteiger charge is 2.46. The number of aliphatic hydroxyl groups excluding tert-OH is 1. The SMILES string of the molecule is Cc1cc(/C(O)=C2\C(=O)C(=O)N(CCN(C)C)C2c2cccc([N+](=O)[O-])c2)ccc1OCC(C)C. The Bertz CT molecular complexity index is 1170. The second kappa shape index (κ2) is 10.7. The smallest absolute Gasteiger partial charge is 0.295 e. The van der Waals surface area contributed by atoms with Crippen LogP contribution in [0.5, 0.6) is 5.75 Å². The number of hydrogen-bond acceptors (Lipinski definition) is 7. The van der Waals surface area contributed by atoms with E-state index in [9.17, 15) is 24.8 Å². The molecule has 1 heterocycles. The molecule has 2 aromatic carbocycles. The fraction of sp³-hybridized carbons (Fsp3) is 0.385. The monoisotopic (exact) mass is 481 g/mol. The normalized spacial score (nSPS) is 17.5. The van der Waals surface area contributed by atoms with Gasteiger partial charge in [0, 0.05) is 30.8 Å². The van der Waals surface area contributed by atoms with Crippen LogP contribution in [-0.4, -0.2) is 65.3 Å². The highest BCUT2D eigenvalue weighted by molar-refractivity contribution is 6.46. The molecular weight excluding hydrogens is 450 g/mol. The lowest BCUT2D eigenvalue weighted by Gasteiger charge is -2.26. The highest BCUT2D eigenvalue weighted by Crippen LogP contribution is 2.40. The van der Waals surface area contributed by atoms with E-state index in [4.69, 9.17) is 4.74 Å². The van der Waals surface area contributed by atoms with E-state index in [-0.39, 0.29) is 23.6 Å². The molecule has 35 heavy (non-hydrogen) atoms. The van der Waals surface area contributed by atoms with E-state index in [1.165, 1.54) is 23.1 Å². The molecule has 0 aromatic heterocycles. The number of likely N-dealkylation sites (tertiary alicyclic amines) is 1. The summed E-state index contributed by atoms with van der Waals surface area (Å²) in [5.41, 5.74) is 1.25. The van der Waals surface area contributed by atoms with Crippen LogP contribution in [0.25, 0.3) is 5.76 Å². The summed E-state index contributed by atoms with van der Waals surface area (Å²) < 4.78 is 5.80. The number of carbonyl (C=O) groups excluding carboxylic acids is 2. The van der Waals surface area contributed by atoms with E-state index >= 15 is 0 Å².